The van der Waals surface area contributed by atoms with Crippen molar-refractivity contribution in [1.82, 2.24) is 9.03 Å². The van der Waals surface area contributed by atoms with E-state index in [0.29, 0.717) is 25.4 Å². The van der Waals surface area contributed by atoms with Crippen molar-refractivity contribution in [3.05, 3.63) is 0 Å². The van der Waals surface area contributed by atoms with Crippen molar-refractivity contribution in [1.29, 1.82) is 0 Å². The molecule has 1 atom stereocenters. The maximum atomic E-state index is 12.0. The second-order valence-corrected chi connectivity index (χ2v) is 6.63. The van der Waals surface area contributed by atoms with Crippen LogP contribution >= 0.6 is 0 Å². The van der Waals surface area contributed by atoms with Gasteiger partial charge in [0.05, 0.1) is 0 Å². The second kappa shape index (κ2) is 7.40. The molecule has 0 spiro atoms. The molecule has 1 rings (SSSR count). The topological polar surface area (TPSA) is 84.7 Å². The smallest absolute Gasteiger partial charge is 0.279 e. The minimum atomic E-state index is -3.39. The van der Waals surface area contributed by atoms with E-state index in [1.54, 1.807) is 7.05 Å². The normalized spacial score (nSPS) is 20.2. The summed E-state index contributed by atoms with van der Waals surface area (Å²) in [4.78, 5) is 0. The minimum Gasteiger partial charge on any atom is -0.381 e. The summed E-state index contributed by atoms with van der Waals surface area (Å²) in [5.74, 6) is 0.358. The fourth-order valence-corrected chi connectivity index (χ4v) is 3.28. The molecule has 0 amide bonds. The first-order chi connectivity index (χ1) is 8.47. The third-order valence-corrected chi connectivity index (χ3v) is 5.07. The Balaban J connectivity index is 2.47. The molecule has 0 bridgehead atoms. The predicted molar refractivity (Wildman–Crippen MR) is 71.4 cm³/mol. The Bertz CT molecular complexity index is 328. The van der Waals surface area contributed by atoms with Crippen LogP contribution in [0.4, 0.5) is 0 Å². The molecule has 1 aliphatic heterocycles. The van der Waals surface area contributed by atoms with Crippen LogP contribution in [0.1, 0.15) is 26.2 Å². The molecule has 0 aliphatic carbocycles. The van der Waals surface area contributed by atoms with Crippen LogP contribution in [-0.2, 0) is 14.9 Å². The highest BCUT2D eigenvalue weighted by Gasteiger charge is 2.26. The van der Waals surface area contributed by atoms with E-state index >= 15 is 0 Å². The Kier molecular flexibility index (Phi) is 6.51. The van der Waals surface area contributed by atoms with E-state index in [-0.39, 0.29) is 6.04 Å². The molecule has 1 heterocycles. The largest absolute Gasteiger partial charge is 0.381 e. The van der Waals surface area contributed by atoms with Gasteiger partial charge in [0.1, 0.15) is 0 Å². The van der Waals surface area contributed by atoms with E-state index in [9.17, 15) is 8.42 Å². The van der Waals surface area contributed by atoms with Crippen LogP contribution < -0.4 is 10.5 Å². The van der Waals surface area contributed by atoms with Crippen LogP contribution in [0, 0.1) is 5.92 Å². The first kappa shape index (κ1) is 15.8. The number of hydrogen-bond donors (Lipinski definition) is 2. The molecule has 0 radical (unpaired) electrons. The summed E-state index contributed by atoms with van der Waals surface area (Å²) in [7, 11) is -1.82. The molecular weight excluding hydrogens is 254 g/mol. The monoisotopic (exact) mass is 279 g/mol. The molecule has 0 aromatic rings. The molecule has 0 saturated carbocycles. The molecule has 7 heteroatoms. The maximum Gasteiger partial charge on any atom is 0.279 e. The highest BCUT2D eigenvalue weighted by atomic mass is 32.2. The van der Waals surface area contributed by atoms with E-state index < -0.39 is 10.2 Å². The number of nitrogens with one attached hydrogen (secondary N) is 1. The van der Waals surface area contributed by atoms with Gasteiger partial charge in [0.2, 0.25) is 0 Å². The Morgan fingerprint density at radius 1 is 1.44 bits per heavy atom. The number of ether oxygens (including phenoxy) is 1. The Labute approximate surface area is 110 Å². The molecule has 1 saturated heterocycles. The van der Waals surface area contributed by atoms with Crippen LogP contribution in [0.5, 0.6) is 0 Å². The average Bonchev–Trinajstić information content (AvgIpc) is 2.36. The Hall–Kier alpha value is -0.210. The number of rotatable bonds is 7. The van der Waals surface area contributed by atoms with Crippen molar-refractivity contribution < 1.29 is 13.2 Å². The summed E-state index contributed by atoms with van der Waals surface area (Å²) in [6.45, 7) is 4.31. The van der Waals surface area contributed by atoms with Gasteiger partial charge in [-0.3, -0.25) is 0 Å². The van der Waals surface area contributed by atoms with Crippen molar-refractivity contribution in [3.8, 4) is 0 Å². The molecule has 1 unspecified atom stereocenters. The van der Waals surface area contributed by atoms with Crippen molar-refractivity contribution in [3.63, 3.8) is 0 Å². The van der Waals surface area contributed by atoms with E-state index in [1.165, 1.54) is 4.31 Å². The lowest BCUT2D eigenvalue weighted by Gasteiger charge is -2.29. The van der Waals surface area contributed by atoms with E-state index in [2.05, 4.69) is 4.72 Å². The summed E-state index contributed by atoms with van der Waals surface area (Å²) in [5.41, 5.74) is 5.38. The standard InChI is InChI=1S/C11H25N3O3S/c1-10(11-4-8-17-9-5-11)13-18(15,16)14(2)7-3-6-12/h10-11,13H,3-9,12H2,1-2H3. The van der Waals surface area contributed by atoms with Gasteiger partial charge in [0, 0.05) is 32.8 Å². The van der Waals surface area contributed by atoms with Crippen molar-refractivity contribution in [2.75, 3.05) is 33.4 Å². The van der Waals surface area contributed by atoms with Crippen LogP contribution in [0.25, 0.3) is 0 Å². The van der Waals surface area contributed by atoms with Gasteiger partial charge >= 0.3 is 0 Å². The molecule has 1 aliphatic rings. The Morgan fingerprint density at radius 2 is 2.06 bits per heavy atom. The fourth-order valence-electron chi connectivity index (χ4n) is 2.07. The van der Waals surface area contributed by atoms with Crippen LogP contribution in [0.2, 0.25) is 0 Å². The van der Waals surface area contributed by atoms with Gasteiger partial charge in [-0.05, 0) is 38.6 Å². The van der Waals surface area contributed by atoms with Gasteiger partial charge in [0.25, 0.3) is 10.2 Å². The predicted octanol–water partition coefficient (Wildman–Crippen LogP) is -0.0835. The average molecular weight is 279 g/mol. The third-order valence-electron chi connectivity index (χ3n) is 3.40. The number of nitrogens with zero attached hydrogens (tertiary/aromatic N) is 1. The molecule has 1 fully saturated rings. The SMILES string of the molecule is CC(NS(=O)(=O)N(C)CCCN)C1CCOCC1. The summed E-state index contributed by atoms with van der Waals surface area (Å²) in [5, 5.41) is 0. The summed E-state index contributed by atoms with van der Waals surface area (Å²) < 4.78 is 33.4. The molecule has 0 aromatic heterocycles. The van der Waals surface area contributed by atoms with Crippen molar-refractivity contribution >= 4 is 10.2 Å². The third kappa shape index (κ3) is 4.81. The van der Waals surface area contributed by atoms with Gasteiger partial charge in [-0.25, -0.2) is 0 Å². The quantitative estimate of drug-likeness (QED) is 0.682. The maximum absolute atomic E-state index is 12.0. The molecule has 3 N–H and O–H groups in total. The number of hydrogen-bond acceptors (Lipinski definition) is 4. The van der Waals surface area contributed by atoms with E-state index in [4.69, 9.17) is 10.5 Å². The second-order valence-electron chi connectivity index (χ2n) is 4.83. The van der Waals surface area contributed by atoms with Gasteiger partial charge in [-0.15, -0.1) is 0 Å². The molecular formula is C11H25N3O3S. The van der Waals surface area contributed by atoms with Gasteiger partial charge < -0.3 is 10.5 Å². The van der Waals surface area contributed by atoms with E-state index in [1.807, 2.05) is 6.92 Å². The van der Waals surface area contributed by atoms with Crippen molar-refractivity contribution in [2.24, 2.45) is 11.7 Å². The molecule has 18 heavy (non-hydrogen) atoms. The fraction of sp³-hybridized carbons (Fsp3) is 1.00. The summed E-state index contributed by atoms with van der Waals surface area (Å²) in [6, 6.07) is -0.0563. The zero-order chi connectivity index (χ0) is 13.6. The Morgan fingerprint density at radius 3 is 2.61 bits per heavy atom. The van der Waals surface area contributed by atoms with Crippen LogP contribution in [0.15, 0.2) is 0 Å². The zero-order valence-corrected chi connectivity index (χ0v) is 12.1. The number of nitrogens with two attached hydrogens (primary N) is 1. The van der Waals surface area contributed by atoms with Gasteiger partial charge in [-0.2, -0.15) is 17.4 Å². The minimum absolute atomic E-state index is 0.0563. The lowest BCUT2D eigenvalue weighted by Crippen LogP contribution is -2.46. The van der Waals surface area contributed by atoms with Crippen LogP contribution in [-0.4, -0.2) is 52.1 Å². The lowest BCUT2D eigenvalue weighted by molar-refractivity contribution is 0.0584. The first-order valence-corrected chi connectivity index (χ1v) is 7.92. The first-order valence-electron chi connectivity index (χ1n) is 6.48. The van der Waals surface area contributed by atoms with Gasteiger partial charge in [0.15, 0.2) is 0 Å². The summed E-state index contributed by atoms with van der Waals surface area (Å²) in [6.07, 6.45) is 2.50. The molecule has 6 nitrogen and oxygen atoms in total. The molecule has 0 aromatic carbocycles. The lowest BCUT2D eigenvalue weighted by atomic mass is 9.94. The van der Waals surface area contributed by atoms with E-state index in [0.717, 1.165) is 26.1 Å². The van der Waals surface area contributed by atoms with Gasteiger partial charge in [-0.1, -0.05) is 0 Å². The zero-order valence-electron chi connectivity index (χ0n) is 11.3. The van der Waals surface area contributed by atoms with Crippen LogP contribution in [0.3, 0.4) is 0 Å². The molecule has 108 valence electrons. The highest BCUT2D eigenvalue weighted by Crippen LogP contribution is 2.19. The highest BCUT2D eigenvalue weighted by molar-refractivity contribution is 7.87. The van der Waals surface area contributed by atoms with Crippen molar-refractivity contribution in [2.45, 2.75) is 32.2 Å². The summed E-state index contributed by atoms with van der Waals surface area (Å²) >= 11 is 0.